The molecule has 1 atom stereocenters. The summed E-state index contributed by atoms with van der Waals surface area (Å²) in [5.74, 6) is -1.53. The Morgan fingerprint density at radius 2 is 1.57 bits per heavy atom. The van der Waals surface area contributed by atoms with Crippen LogP contribution in [0.15, 0.2) is 30.3 Å². The van der Waals surface area contributed by atoms with Crippen molar-refractivity contribution in [3.8, 4) is 11.1 Å². The van der Waals surface area contributed by atoms with Gasteiger partial charge in [-0.2, -0.15) is 0 Å². The Morgan fingerprint density at radius 1 is 0.833 bits per heavy atom. The van der Waals surface area contributed by atoms with Crippen molar-refractivity contribution in [2.24, 2.45) is 17.8 Å². The SMILES string of the molecule is CCCCCC1CCC(C(C)Cc2cc(F)c(-c3ccc(F)c(F)c3)cc2F)CC1. The molecule has 164 valence electrons. The fourth-order valence-corrected chi connectivity index (χ4v) is 4.87. The molecule has 1 saturated carbocycles. The monoisotopic (exact) mass is 420 g/mol. The minimum atomic E-state index is -1.07. The van der Waals surface area contributed by atoms with Crippen LogP contribution >= 0.6 is 0 Å². The van der Waals surface area contributed by atoms with Crippen molar-refractivity contribution in [1.82, 2.24) is 0 Å². The van der Waals surface area contributed by atoms with Gasteiger partial charge in [-0.25, -0.2) is 17.6 Å². The molecule has 0 aliphatic heterocycles. The minimum Gasteiger partial charge on any atom is -0.207 e. The van der Waals surface area contributed by atoms with Crippen LogP contribution in [0.3, 0.4) is 0 Å². The number of rotatable bonds is 8. The van der Waals surface area contributed by atoms with E-state index in [0.29, 0.717) is 17.9 Å². The molecule has 1 aliphatic rings. The lowest BCUT2D eigenvalue weighted by Crippen LogP contribution is -2.22. The number of hydrogen-bond donors (Lipinski definition) is 0. The fourth-order valence-electron chi connectivity index (χ4n) is 4.87. The largest absolute Gasteiger partial charge is 0.207 e. The Kier molecular flexibility index (Phi) is 7.96. The minimum absolute atomic E-state index is 0.0459. The molecule has 0 spiro atoms. The zero-order valence-corrected chi connectivity index (χ0v) is 18.0. The van der Waals surface area contributed by atoms with Crippen molar-refractivity contribution in [2.45, 2.75) is 71.6 Å². The number of unbranched alkanes of at least 4 members (excludes halogenated alkanes) is 2. The second kappa shape index (κ2) is 10.5. The highest BCUT2D eigenvalue weighted by Gasteiger charge is 2.26. The van der Waals surface area contributed by atoms with Crippen molar-refractivity contribution >= 4 is 0 Å². The van der Waals surface area contributed by atoms with E-state index in [9.17, 15) is 17.6 Å². The molecule has 30 heavy (non-hydrogen) atoms. The molecule has 0 radical (unpaired) electrons. The Hall–Kier alpha value is -1.84. The first-order valence-corrected chi connectivity index (χ1v) is 11.3. The van der Waals surface area contributed by atoms with E-state index in [-0.39, 0.29) is 17.0 Å². The van der Waals surface area contributed by atoms with Gasteiger partial charge in [-0.1, -0.05) is 58.4 Å². The molecule has 0 bridgehead atoms. The average Bonchev–Trinajstić information content (AvgIpc) is 2.73. The van der Waals surface area contributed by atoms with Gasteiger partial charge in [-0.05, 0) is 72.4 Å². The maximum Gasteiger partial charge on any atom is 0.159 e. The lowest BCUT2D eigenvalue weighted by atomic mass is 9.73. The van der Waals surface area contributed by atoms with Gasteiger partial charge in [0.2, 0.25) is 0 Å². The van der Waals surface area contributed by atoms with Gasteiger partial charge in [0.15, 0.2) is 11.6 Å². The summed E-state index contributed by atoms with van der Waals surface area (Å²) in [6.45, 7) is 4.35. The molecule has 4 heteroatoms. The van der Waals surface area contributed by atoms with Crippen molar-refractivity contribution in [2.75, 3.05) is 0 Å². The Morgan fingerprint density at radius 3 is 2.23 bits per heavy atom. The van der Waals surface area contributed by atoms with Crippen LogP contribution in [0.1, 0.15) is 70.8 Å². The summed E-state index contributed by atoms with van der Waals surface area (Å²) in [5, 5.41) is 0. The number of benzene rings is 2. The van der Waals surface area contributed by atoms with Crippen LogP contribution < -0.4 is 0 Å². The van der Waals surface area contributed by atoms with Crippen LogP contribution in [0.25, 0.3) is 11.1 Å². The molecule has 0 nitrogen and oxygen atoms in total. The summed E-state index contributed by atoms with van der Waals surface area (Å²) < 4.78 is 56.0. The van der Waals surface area contributed by atoms with E-state index in [0.717, 1.165) is 37.0 Å². The summed E-state index contributed by atoms with van der Waals surface area (Å²) in [6, 6.07) is 5.41. The van der Waals surface area contributed by atoms with Gasteiger partial charge in [0.25, 0.3) is 0 Å². The third kappa shape index (κ3) is 5.65. The van der Waals surface area contributed by atoms with E-state index in [1.807, 2.05) is 0 Å². The smallest absolute Gasteiger partial charge is 0.159 e. The highest BCUT2D eigenvalue weighted by atomic mass is 19.2. The highest BCUT2D eigenvalue weighted by Crippen LogP contribution is 2.37. The molecule has 2 aromatic carbocycles. The maximum atomic E-state index is 14.7. The Labute approximate surface area is 177 Å². The summed E-state index contributed by atoms with van der Waals surface area (Å²) >= 11 is 0. The lowest BCUT2D eigenvalue weighted by Gasteiger charge is -2.32. The van der Waals surface area contributed by atoms with Gasteiger partial charge in [0.05, 0.1) is 0 Å². The summed E-state index contributed by atoms with van der Waals surface area (Å²) in [7, 11) is 0. The van der Waals surface area contributed by atoms with E-state index in [1.54, 1.807) is 0 Å². The van der Waals surface area contributed by atoms with Crippen LogP contribution in [-0.4, -0.2) is 0 Å². The summed E-state index contributed by atoms with van der Waals surface area (Å²) in [4.78, 5) is 0. The second-order valence-corrected chi connectivity index (χ2v) is 9.01. The van der Waals surface area contributed by atoms with E-state index < -0.39 is 23.3 Å². The zero-order chi connectivity index (χ0) is 21.7. The Bertz CT molecular complexity index is 837. The first kappa shape index (κ1) is 22.8. The van der Waals surface area contributed by atoms with Crippen molar-refractivity contribution in [3.63, 3.8) is 0 Å². The van der Waals surface area contributed by atoms with Crippen LogP contribution in [-0.2, 0) is 6.42 Å². The first-order chi connectivity index (χ1) is 14.4. The fraction of sp³-hybridized carbons (Fsp3) is 0.538. The van der Waals surface area contributed by atoms with E-state index in [4.69, 9.17) is 0 Å². The third-order valence-electron chi connectivity index (χ3n) is 6.82. The lowest BCUT2D eigenvalue weighted by molar-refractivity contribution is 0.203. The molecular formula is C26H32F4. The molecule has 0 amide bonds. The summed E-state index contributed by atoms with van der Waals surface area (Å²) in [6.07, 6.45) is 10.5. The number of halogens is 4. The van der Waals surface area contributed by atoms with Crippen LogP contribution in [0.2, 0.25) is 0 Å². The quantitative estimate of drug-likeness (QED) is 0.297. The highest BCUT2D eigenvalue weighted by molar-refractivity contribution is 5.64. The van der Waals surface area contributed by atoms with Gasteiger partial charge in [0, 0.05) is 5.56 Å². The number of hydrogen-bond acceptors (Lipinski definition) is 0. The first-order valence-electron chi connectivity index (χ1n) is 11.3. The zero-order valence-electron chi connectivity index (χ0n) is 18.0. The molecule has 0 aromatic heterocycles. The van der Waals surface area contributed by atoms with Crippen molar-refractivity contribution in [1.29, 1.82) is 0 Å². The van der Waals surface area contributed by atoms with E-state index in [2.05, 4.69) is 13.8 Å². The van der Waals surface area contributed by atoms with Crippen LogP contribution in [0, 0.1) is 41.0 Å². The Balaban J connectivity index is 1.63. The summed E-state index contributed by atoms with van der Waals surface area (Å²) in [5.41, 5.74) is 0.443. The molecule has 2 aromatic rings. The van der Waals surface area contributed by atoms with Gasteiger partial charge in [-0.15, -0.1) is 0 Å². The molecular weight excluding hydrogens is 388 g/mol. The molecule has 1 fully saturated rings. The second-order valence-electron chi connectivity index (χ2n) is 9.01. The predicted octanol–water partition coefficient (Wildman–Crippen LogP) is 8.48. The average molecular weight is 421 g/mol. The molecule has 3 rings (SSSR count). The third-order valence-corrected chi connectivity index (χ3v) is 6.82. The van der Waals surface area contributed by atoms with Gasteiger partial charge < -0.3 is 0 Å². The van der Waals surface area contributed by atoms with Gasteiger partial charge >= 0.3 is 0 Å². The standard InChI is InChI=1S/C26H32F4/c1-3-4-5-6-18-7-9-19(10-8-18)17(2)13-21-15-25(29)22(16-24(21)28)20-11-12-23(27)26(30)14-20/h11-12,14-19H,3-10,13H2,1-2H3. The molecule has 1 unspecified atom stereocenters. The van der Waals surface area contributed by atoms with Gasteiger partial charge in [0.1, 0.15) is 11.6 Å². The van der Waals surface area contributed by atoms with E-state index >= 15 is 0 Å². The molecule has 1 aliphatic carbocycles. The topological polar surface area (TPSA) is 0 Å². The van der Waals surface area contributed by atoms with Gasteiger partial charge in [-0.3, -0.25) is 0 Å². The molecule has 0 heterocycles. The molecule has 0 saturated heterocycles. The van der Waals surface area contributed by atoms with Crippen molar-refractivity contribution in [3.05, 3.63) is 59.2 Å². The van der Waals surface area contributed by atoms with E-state index in [1.165, 1.54) is 50.7 Å². The van der Waals surface area contributed by atoms with Crippen molar-refractivity contribution < 1.29 is 17.6 Å². The predicted molar refractivity (Wildman–Crippen MR) is 114 cm³/mol. The van der Waals surface area contributed by atoms with Crippen LogP contribution in [0.5, 0.6) is 0 Å². The molecule has 0 N–H and O–H groups in total. The van der Waals surface area contributed by atoms with Crippen LogP contribution in [0.4, 0.5) is 17.6 Å². The maximum absolute atomic E-state index is 14.7. The normalized spacial score (nSPS) is 20.3.